The fourth-order valence-electron chi connectivity index (χ4n) is 3.54. The molecule has 3 rings (SSSR count). The summed E-state index contributed by atoms with van der Waals surface area (Å²) in [5.41, 5.74) is -0.190. The Bertz CT molecular complexity index is 509. The van der Waals surface area contributed by atoms with Crippen molar-refractivity contribution in [2.24, 2.45) is 17.3 Å². The van der Waals surface area contributed by atoms with Crippen LogP contribution in [0.15, 0.2) is 0 Å². The smallest absolute Gasteiger partial charge is 0.305 e. The second-order valence-corrected chi connectivity index (χ2v) is 7.39. The van der Waals surface area contributed by atoms with E-state index in [2.05, 4.69) is 15.5 Å². The molecule has 0 aliphatic heterocycles. The highest BCUT2D eigenvalue weighted by Crippen LogP contribution is 2.57. The molecule has 6 heteroatoms. The minimum Gasteiger partial charge on any atom is -0.481 e. The molecular formula is C14H22N4O2. The zero-order valence-electron chi connectivity index (χ0n) is 12.3. The maximum Gasteiger partial charge on any atom is 0.305 e. The Labute approximate surface area is 118 Å². The van der Waals surface area contributed by atoms with Gasteiger partial charge in [-0.2, -0.15) is 0 Å². The predicted molar refractivity (Wildman–Crippen MR) is 72.1 cm³/mol. The van der Waals surface area contributed by atoms with Gasteiger partial charge in [-0.05, 0) is 46.9 Å². The summed E-state index contributed by atoms with van der Waals surface area (Å²) < 4.78 is 1.78. The Morgan fingerprint density at radius 2 is 2.00 bits per heavy atom. The first-order chi connectivity index (χ1) is 9.36. The van der Waals surface area contributed by atoms with Crippen LogP contribution in [0.25, 0.3) is 0 Å². The monoisotopic (exact) mass is 278 g/mol. The van der Waals surface area contributed by atoms with Crippen LogP contribution in [0.5, 0.6) is 0 Å². The fraction of sp³-hybridized carbons (Fsp3) is 0.857. The van der Waals surface area contributed by atoms with Gasteiger partial charge in [-0.25, -0.2) is 4.68 Å². The molecular weight excluding hydrogens is 256 g/mol. The third-order valence-electron chi connectivity index (χ3n) is 4.79. The number of hydrogen-bond donors (Lipinski definition) is 1. The second-order valence-electron chi connectivity index (χ2n) is 7.39. The highest BCUT2D eigenvalue weighted by atomic mass is 16.4. The summed E-state index contributed by atoms with van der Waals surface area (Å²) in [6, 6.07) is -0.207. The Morgan fingerprint density at radius 3 is 2.55 bits per heavy atom. The van der Waals surface area contributed by atoms with Crippen molar-refractivity contribution >= 4 is 5.97 Å². The molecule has 1 heterocycles. The van der Waals surface area contributed by atoms with Gasteiger partial charge >= 0.3 is 5.97 Å². The number of fused-ring (bicyclic) bond motifs is 1. The molecule has 0 saturated heterocycles. The molecule has 110 valence electrons. The summed E-state index contributed by atoms with van der Waals surface area (Å²) >= 11 is 0. The number of rotatable bonds is 4. The molecule has 2 fully saturated rings. The van der Waals surface area contributed by atoms with Crippen LogP contribution in [0, 0.1) is 17.3 Å². The van der Waals surface area contributed by atoms with Crippen molar-refractivity contribution in [1.82, 2.24) is 20.2 Å². The van der Waals surface area contributed by atoms with Crippen molar-refractivity contribution in [2.45, 2.75) is 58.4 Å². The van der Waals surface area contributed by atoms with Crippen LogP contribution >= 0.6 is 0 Å². The number of aliphatic carboxylic acids is 1. The average Bonchev–Trinajstić information content (AvgIpc) is 2.78. The molecule has 0 aromatic carbocycles. The van der Waals surface area contributed by atoms with Gasteiger partial charge in [0.05, 0.1) is 12.5 Å². The predicted octanol–water partition coefficient (Wildman–Crippen LogP) is 2.25. The maximum atomic E-state index is 11.2. The van der Waals surface area contributed by atoms with Crippen molar-refractivity contribution in [3.63, 3.8) is 0 Å². The van der Waals surface area contributed by atoms with E-state index >= 15 is 0 Å². The van der Waals surface area contributed by atoms with Gasteiger partial charge in [0.1, 0.15) is 0 Å². The molecule has 0 bridgehead atoms. The Hall–Kier alpha value is -1.46. The number of tetrazole rings is 1. The third-order valence-corrected chi connectivity index (χ3v) is 4.79. The largest absolute Gasteiger partial charge is 0.481 e. The third kappa shape index (κ3) is 2.43. The van der Waals surface area contributed by atoms with E-state index in [9.17, 15) is 4.79 Å². The zero-order valence-corrected chi connectivity index (χ0v) is 12.3. The first-order valence-electron chi connectivity index (χ1n) is 7.36. The molecule has 0 radical (unpaired) electrons. The molecule has 3 unspecified atom stereocenters. The molecule has 2 saturated carbocycles. The van der Waals surface area contributed by atoms with Gasteiger partial charge in [-0.3, -0.25) is 4.79 Å². The van der Waals surface area contributed by atoms with Gasteiger partial charge in [-0.1, -0.05) is 20.8 Å². The van der Waals surface area contributed by atoms with Gasteiger partial charge < -0.3 is 5.11 Å². The number of carboxylic acids is 1. The van der Waals surface area contributed by atoms with Crippen molar-refractivity contribution in [3.05, 3.63) is 5.82 Å². The summed E-state index contributed by atoms with van der Waals surface area (Å²) in [4.78, 5) is 11.2. The van der Waals surface area contributed by atoms with Crippen molar-refractivity contribution in [1.29, 1.82) is 0 Å². The number of carbonyl (C=O) groups is 1. The Kier molecular flexibility index (Phi) is 3.06. The SMILES string of the molecule is CC(C)(C)C(CC(=O)O)n1nnnc1C1CC2CC2C1. The number of aromatic nitrogens is 4. The summed E-state index contributed by atoms with van der Waals surface area (Å²) in [7, 11) is 0. The molecule has 0 spiro atoms. The summed E-state index contributed by atoms with van der Waals surface area (Å²) in [6.07, 6.45) is 3.74. The molecule has 6 nitrogen and oxygen atoms in total. The van der Waals surface area contributed by atoms with E-state index in [1.807, 2.05) is 20.8 Å². The molecule has 1 aromatic rings. The van der Waals surface area contributed by atoms with Crippen LogP contribution in [0.1, 0.15) is 64.2 Å². The quantitative estimate of drug-likeness (QED) is 0.913. The van der Waals surface area contributed by atoms with Crippen molar-refractivity contribution in [2.75, 3.05) is 0 Å². The van der Waals surface area contributed by atoms with E-state index in [0.29, 0.717) is 5.92 Å². The standard InChI is InChI=1S/C14H22N4O2/c1-14(2,3)11(7-12(19)20)18-13(15-16-17-18)10-5-8-4-9(8)6-10/h8-11H,4-7H2,1-3H3,(H,19,20). The van der Waals surface area contributed by atoms with E-state index in [1.54, 1.807) is 4.68 Å². The van der Waals surface area contributed by atoms with E-state index in [-0.39, 0.29) is 17.9 Å². The molecule has 1 N–H and O–H groups in total. The van der Waals surface area contributed by atoms with E-state index in [0.717, 1.165) is 30.5 Å². The van der Waals surface area contributed by atoms with Crippen LogP contribution in [-0.4, -0.2) is 31.3 Å². The average molecular weight is 278 g/mol. The normalized spacial score (nSPS) is 30.1. The summed E-state index contributed by atoms with van der Waals surface area (Å²) in [5, 5.41) is 21.3. The lowest BCUT2D eigenvalue weighted by Gasteiger charge is -2.30. The molecule has 1 aromatic heterocycles. The minimum absolute atomic E-state index is 0.0567. The van der Waals surface area contributed by atoms with Crippen LogP contribution < -0.4 is 0 Å². The van der Waals surface area contributed by atoms with Crippen molar-refractivity contribution in [3.8, 4) is 0 Å². The van der Waals surface area contributed by atoms with E-state index < -0.39 is 5.97 Å². The van der Waals surface area contributed by atoms with Crippen LogP contribution in [-0.2, 0) is 4.79 Å². The number of hydrogen-bond acceptors (Lipinski definition) is 4. The zero-order chi connectivity index (χ0) is 14.5. The molecule has 2 aliphatic carbocycles. The van der Waals surface area contributed by atoms with Crippen LogP contribution in [0.3, 0.4) is 0 Å². The summed E-state index contributed by atoms with van der Waals surface area (Å²) in [5.74, 6) is 2.21. The number of carboxylic acid groups (broad SMARTS) is 1. The van der Waals surface area contributed by atoms with Gasteiger partial charge in [0.2, 0.25) is 0 Å². The van der Waals surface area contributed by atoms with Gasteiger partial charge in [0, 0.05) is 5.92 Å². The van der Waals surface area contributed by atoms with Gasteiger partial charge in [-0.15, -0.1) is 5.10 Å². The van der Waals surface area contributed by atoms with Gasteiger partial charge in [0.25, 0.3) is 0 Å². The lowest BCUT2D eigenvalue weighted by atomic mass is 9.84. The highest BCUT2D eigenvalue weighted by Gasteiger charge is 2.48. The van der Waals surface area contributed by atoms with Crippen molar-refractivity contribution < 1.29 is 9.90 Å². The topological polar surface area (TPSA) is 80.9 Å². The first-order valence-corrected chi connectivity index (χ1v) is 7.36. The Balaban J connectivity index is 1.87. The second kappa shape index (κ2) is 4.53. The molecule has 20 heavy (non-hydrogen) atoms. The lowest BCUT2D eigenvalue weighted by Crippen LogP contribution is -2.29. The lowest BCUT2D eigenvalue weighted by molar-refractivity contribution is -0.138. The van der Waals surface area contributed by atoms with E-state index in [4.69, 9.17) is 5.11 Å². The first kappa shape index (κ1) is 13.5. The molecule has 2 aliphatic rings. The van der Waals surface area contributed by atoms with Crippen LogP contribution in [0.2, 0.25) is 0 Å². The van der Waals surface area contributed by atoms with Gasteiger partial charge in [0.15, 0.2) is 5.82 Å². The Morgan fingerprint density at radius 1 is 1.35 bits per heavy atom. The van der Waals surface area contributed by atoms with Crippen LogP contribution in [0.4, 0.5) is 0 Å². The molecule has 3 atom stereocenters. The van der Waals surface area contributed by atoms with E-state index in [1.165, 1.54) is 6.42 Å². The summed E-state index contributed by atoms with van der Waals surface area (Å²) in [6.45, 7) is 6.12. The maximum absolute atomic E-state index is 11.2. The molecule has 0 amide bonds. The fourth-order valence-corrected chi connectivity index (χ4v) is 3.54. The minimum atomic E-state index is -0.805. The number of nitrogens with zero attached hydrogens (tertiary/aromatic N) is 4. The highest BCUT2D eigenvalue weighted by molar-refractivity contribution is 5.67.